The molecule has 0 saturated heterocycles. The molecule has 25 heavy (non-hydrogen) atoms. The molecule has 0 aliphatic heterocycles. The van der Waals surface area contributed by atoms with Crippen LogP contribution in [0.25, 0.3) is 17.4 Å². The summed E-state index contributed by atoms with van der Waals surface area (Å²) in [6.07, 6.45) is 1.22. The van der Waals surface area contributed by atoms with E-state index < -0.39 is 19.2 Å². The van der Waals surface area contributed by atoms with E-state index in [0.29, 0.717) is 0 Å². The number of rotatable bonds is 7. The summed E-state index contributed by atoms with van der Waals surface area (Å²) >= 11 is 0. The second-order valence-corrected chi connectivity index (χ2v) is 6.79. The van der Waals surface area contributed by atoms with Crippen molar-refractivity contribution in [3.63, 3.8) is 0 Å². The van der Waals surface area contributed by atoms with Gasteiger partial charge in [-0.3, -0.25) is 4.57 Å². The van der Waals surface area contributed by atoms with Crippen molar-refractivity contribution in [2.45, 2.75) is 13.8 Å². The topological polar surface area (TPSA) is 72.5 Å². The Morgan fingerprint density at radius 2 is 1.92 bits per heavy atom. The van der Waals surface area contributed by atoms with Crippen LogP contribution in [0, 0.1) is 23.0 Å². The lowest BCUT2D eigenvalue weighted by molar-refractivity contribution is 0.227. The third-order valence-electron chi connectivity index (χ3n) is 3.11. The molecular weight excluding hydrogens is 351 g/mol. The Labute approximate surface area is 144 Å². The third kappa shape index (κ3) is 4.43. The first kappa shape index (κ1) is 19.1. The average Bonchev–Trinajstić information content (AvgIpc) is 3.01. The highest BCUT2D eigenvalue weighted by Crippen LogP contribution is 2.56. The van der Waals surface area contributed by atoms with Gasteiger partial charge in [0.25, 0.3) is 0 Å². The van der Waals surface area contributed by atoms with E-state index >= 15 is 0 Å². The van der Waals surface area contributed by atoms with E-state index in [1.165, 1.54) is 24.3 Å². The van der Waals surface area contributed by atoms with Gasteiger partial charge >= 0.3 is 7.60 Å². The van der Waals surface area contributed by atoms with Gasteiger partial charge in [0.05, 0.1) is 18.8 Å². The van der Waals surface area contributed by atoms with Gasteiger partial charge in [0, 0.05) is 12.1 Å². The van der Waals surface area contributed by atoms with Gasteiger partial charge in [-0.05, 0) is 38.1 Å². The summed E-state index contributed by atoms with van der Waals surface area (Å²) in [5.74, 6) is -1.17. The number of allylic oxidation sites excluding steroid dienone is 1. The lowest BCUT2D eigenvalue weighted by Crippen LogP contribution is -1.97. The molecule has 0 radical (unpaired) electrons. The summed E-state index contributed by atoms with van der Waals surface area (Å²) in [7, 11) is -3.76. The van der Waals surface area contributed by atoms with Gasteiger partial charge in [-0.1, -0.05) is 0 Å². The Kier molecular flexibility index (Phi) is 6.27. The molecule has 0 spiro atoms. The van der Waals surface area contributed by atoms with Crippen molar-refractivity contribution in [2.75, 3.05) is 13.2 Å². The summed E-state index contributed by atoms with van der Waals surface area (Å²) in [6.45, 7) is 3.45. The molecule has 0 bridgehead atoms. The zero-order valence-electron chi connectivity index (χ0n) is 13.7. The van der Waals surface area contributed by atoms with E-state index in [-0.39, 0.29) is 35.6 Å². The average molecular weight is 367 g/mol. The molecule has 0 atom stereocenters. The number of halogens is 2. The van der Waals surface area contributed by atoms with E-state index in [2.05, 4.69) is 0 Å². The van der Waals surface area contributed by atoms with Gasteiger partial charge in [0.2, 0.25) is 0 Å². The summed E-state index contributed by atoms with van der Waals surface area (Å²) in [5, 5.41) is 9.06. The van der Waals surface area contributed by atoms with Crippen LogP contribution >= 0.6 is 7.60 Å². The van der Waals surface area contributed by atoms with E-state index in [0.717, 1.165) is 12.1 Å². The fourth-order valence-electron chi connectivity index (χ4n) is 2.09. The van der Waals surface area contributed by atoms with Crippen LogP contribution in [0.1, 0.15) is 19.6 Å². The van der Waals surface area contributed by atoms with Gasteiger partial charge in [0.1, 0.15) is 34.5 Å². The molecule has 0 amide bonds. The van der Waals surface area contributed by atoms with Crippen molar-refractivity contribution < 1.29 is 26.8 Å². The van der Waals surface area contributed by atoms with E-state index in [1.54, 1.807) is 19.9 Å². The summed E-state index contributed by atoms with van der Waals surface area (Å²) in [6, 6.07) is 7.82. The van der Waals surface area contributed by atoms with Crippen LogP contribution in [0.4, 0.5) is 8.78 Å². The van der Waals surface area contributed by atoms with Crippen molar-refractivity contribution in [3.05, 3.63) is 53.0 Å². The quantitative estimate of drug-likeness (QED) is 0.487. The van der Waals surface area contributed by atoms with Crippen LogP contribution in [0.2, 0.25) is 0 Å². The Balaban J connectivity index is 2.39. The second-order valence-electron chi connectivity index (χ2n) is 4.80. The van der Waals surface area contributed by atoms with Crippen molar-refractivity contribution in [1.29, 1.82) is 5.26 Å². The van der Waals surface area contributed by atoms with Crippen molar-refractivity contribution in [1.82, 2.24) is 0 Å². The minimum Gasteiger partial charge on any atom is -0.457 e. The standard InChI is InChI=1S/C17H16F2NO4P/c1-3-22-25(21,23-4-2)14(11-20)10-13-6-8-17(24-13)15-7-5-12(18)9-16(15)19/h5-10H,3-4H2,1-2H3. The molecule has 2 aromatic rings. The molecule has 0 N–H and O–H groups in total. The lowest BCUT2D eigenvalue weighted by Gasteiger charge is -2.15. The van der Waals surface area contributed by atoms with Crippen LogP contribution in [-0.4, -0.2) is 13.2 Å². The molecule has 0 aliphatic carbocycles. The highest BCUT2D eigenvalue weighted by atomic mass is 31.2. The minimum absolute atomic E-state index is 0.0670. The van der Waals surface area contributed by atoms with Gasteiger partial charge in [0.15, 0.2) is 0 Å². The maximum atomic E-state index is 13.8. The van der Waals surface area contributed by atoms with Gasteiger partial charge in [-0.25, -0.2) is 8.78 Å². The molecule has 0 saturated carbocycles. The molecule has 0 unspecified atom stereocenters. The fourth-order valence-corrected chi connectivity index (χ4v) is 3.53. The fraction of sp³-hybridized carbons (Fsp3) is 0.235. The van der Waals surface area contributed by atoms with Crippen LogP contribution in [0.3, 0.4) is 0 Å². The Morgan fingerprint density at radius 3 is 2.48 bits per heavy atom. The van der Waals surface area contributed by atoms with Crippen LogP contribution in [0.15, 0.2) is 40.1 Å². The molecule has 132 valence electrons. The predicted octanol–water partition coefficient (Wildman–Crippen LogP) is 5.36. The maximum Gasteiger partial charge on any atom is 0.371 e. The molecule has 1 aromatic carbocycles. The molecule has 1 aromatic heterocycles. The number of nitrogens with zero attached hydrogens (tertiary/aromatic N) is 1. The van der Waals surface area contributed by atoms with Crippen molar-refractivity contribution in [2.24, 2.45) is 0 Å². The van der Waals surface area contributed by atoms with E-state index in [1.807, 2.05) is 0 Å². The van der Waals surface area contributed by atoms with Crippen molar-refractivity contribution >= 4 is 13.7 Å². The van der Waals surface area contributed by atoms with Gasteiger partial charge in [-0.15, -0.1) is 0 Å². The highest BCUT2D eigenvalue weighted by Gasteiger charge is 2.30. The first-order chi connectivity index (χ1) is 11.9. The van der Waals surface area contributed by atoms with Gasteiger partial charge in [-0.2, -0.15) is 5.26 Å². The third-order valence-corrected chi connectivity index (χ3v) is 5.13. The summed E-state index contributed by atoms with van der Waals surface area (Å²) in [4.78, 5) is 0. The van der Waals surface area contributed by atoms with E-state index in [4.69, 9.17) is 13.5 Å². The lowest BCUT2D eigenvalue weighted by atomic mass is 10.1. The second kappa shape index (κ2) is 8.21. The largest absolute Gasteiger partial charge is 0.457 e. The monoisotopic (exact) mass is 367 g/mol. The molecular formula is C17H16F2NO4P. The summed E-state index contributed by atoms with van der Waals surface area (Å²) < 4.78 is 55.1. The zero-order valence-corrected chi connectivity index (χ0v) is 14.6. The molecule has 0 aliphatic rings. The minimum atomic E-state index is -3.76. The van der Waals surface area contributed by atoms with Crippen LogP contribution in [-0.2, 0) is 13.6 Å². The normalized spacial score (nSPS) is 12.2. The number of hydrogen-bond acceptors (Lipinski definition) is 5. The number of furan rings is 1. The number of nitriles is 1. The number of benzene rings is 1. The predicted molar refractivity (Wildman–Crippen MR) is 88.5 cm³/mol. The smallest absolute Gasteiger partial charge is 0.371 e. The first-order valence-corrected chi connectivity index (χ1v) is 9.04. The maximum absolute atomic E-state index is 13.8. The Hall–Kier alpha value is -2.26. The number of hydrogen-bond donors (Lipinski definition) is 0. The Bertz CT molecular complexity index is 860. The first-order valence-electron chi connectivity index (χ1n) is 7.50. The van der Waals surface area contributed by atoms with Crippen LogP contribution < -0.4 is 0 Å². The molecule has 8 heteroatoms. The molecule has 1 heterocycles. The zero-order chi connectivity index (χ0) is 18.4. The van der Waals surface area contributed by atoms with Crippen molar-refractivity contribution in [3.8, 4) is 17.4 Å². The van der Waals surface area contributed by atoms with Gasteiger partial charge < -0.3 is 13.5 Å². The van der Waals surface area contributed by atoms with Crippen LogP contribution in [0.5, 0.6) is 0 Å². The summed E-state index contributed by atoms with van der Waals surface area (Å²) in [5.41, 5.74) is 0.0670. The molecule has 0 fully saturated rings. The van der Waals surface area contributed by atoms with E-state index in [9.17, 15) is 18.6 Å². The molecule has 2 rings (SSSR count). The SMILES string of the molecule is CCOP(=O)(OCC)C(C#N)=Cc1ccc(-c2ccc(F)cc2F)o1. The molecule has 5 nitrogen and oxygen atoms in total. The highest BCUT2D eigenvalue weighted by molar-refractivity contribution is 7.59. The Morgan fingerprint density at radius 1 is 1.24 bits per heavy atom.